The molecule has 5 nitrogen and oxygen atoms in total. The van der Waals surface area contributed by atoms with E-state index in [1.54, 1.807) is 4.68 Å². The van der Waals surface area contributed by atoms with Gasteiger partial charge in [-0.2, -0.15) is 5.10 Å². The first kappa shape index (κ1) is 13.7. The number of unbranched alkanes of at least 4 members (excludes halogenated alkanes) is 6. The lowest BCUT2D eigenvalue weighted by Crippen LogP contribution is -1.98. The molecule has 17 heavy (non-hydrogen) atoms. The van der Waals surface area contributed by atoms with Gasteiger partial charge in [0.2, 0.25) is 0 Å². The molecule has 0 atom stereocenters. The number of rotatable bonds is 9. The lowest BCUT2D eigenvalue weighted by atomic mass is 10.1. The second kappa shape index (κ2) is 7.81. The Morgan fingerprint density at radius 1 is 1.24 bits per heavy atom. The lowest BCUT2D eigenvalue weighted by molar-refractivity contribution is -0.385. The van der Waals surface area contributed by atoms with Crippen LogP contribution in [-0.4, -0.2) is 14.7 Å². The Balaban J connectivity index is 2.07. The fourth-order valence-electron chi connectivity index (χ4n) is 1.80. The number of hydrogen-bond acceptors (Lipinski definition) is 3. The van der Waals surface area contributed by atoms with Gasteiger partial charge in [-0.1, -0.05) is 45.4 Å². The summed E-state index contributed by atoms with van der Waals surface area (Å²) in [5.41, 5.74) is 0.0768. The molecule has 0 amide bonds. The highest BCUT2D eigenvalue weighted by Gasteiger charge is 2.07. The van der Waals surface area contributed by atoms with Crippen LogP contribution >= 0.6 is 0 Å². The minimum Gasteiger partial charge on any atom is -0.266 e. The van der Waals surface area contributed by atoms with E-state index >= 15 is 0 Å². The highest BCUT2D eigenvalue weighted by atomic mass is 16.6. The van der Waals surface area contributed by atoms with Crippen LogP contribution in [0.3, 0.4) is 0 Å². The van der Waals surface area contributed by atoms with E-state index in [0.717, 1.165) is 13.0 Å². The van der Waals surface area contributed by atoms with Gasteiger partial charge in [0.15, 0.2) is 0 Å². The Kier molecular flexibility index (Phi) is 6.29. The van der Waals surface area contributed by atoms with Gasteiger partial charge >= 0.3 is 5.69 Å². The van der Waals surface area contributed by atoms with E-state index in [2.05, 4.69) is 12.0 Å². The number of aryl methyl sites for hydroxylation is 1. The van der Waals surface area contributed by atoms with Crippen molar-refractivity contribution in [2.45, 2.75) is 58.4 Å². The third-order valence-corrected chi connectivity index (χ3v) is 2.82. The van der Waals surface area contributed by atoms with E-state index in [0.29, 0.717) is 0 Å². The minimum atomic E-state index is -0.408. The predicted molar refractivity (Wildman–Crippen MR) is 66.9 cm³/mol. The van der Waals surface area contributed by atoms with E-state index < -0.39 is 4.92 Å². The van der Waals surface area contributed by atoms with Crippen molar-refractivity contribution in [1.82, 2.24) is 9.78 Å². The second-order valence-electron chi connectivity index (χ2n) is 4.34. The Morgan fingerprint density at radius 2 is 1.88 bits per heavy atom. The van der Waals surface area contributed by atoms with Gasteiger partial charge in [-0.15, -0.1) is 0 Å². The molecule has 0 N–H and O–H groups in total. The molecule has 0 bridgehead atoms. The van der Waals surface area contributed by atoms with Gasteiger partial charge in [0.25, 0.3) is 0 Å². The van der Waals surface area contributed by atoms with E-state index in [9.17, 15) is 10.1 Å². The maximum absolute atomic E-state index is 10.4. The molecular formula is C12H21N3O2. The molecular weight excluding hydrogens is 218 g/mol. The topological polar surface area (TPSA) is 61.0 Å². The van der Waals surface area contributed by atoms with Gasteiger partial charge in [-0.05, 0) is 6.42 Å². The summed E-state index contributed by atoms with van der Waals surface area (Å²) in [7, 11) is 0. The summed E-state index contributed by atoms with van der Waals surface area (Å²) in [6.07, 6.45) is 11.5. The number of nitrogens with zero attached hydrogens (tertiary/aromatic N) is 3. The SMILES string of the molecule is CCCCCCCCCn1cc([N+](=O)[O-])cn1. The first-order chi connectivity index (χ1) is 8.24. The maximum atomic E-state index is 10.4. The second-order valence-corrected chi connectivity index (χ2v) is 4.34. The molecule has 0 saturated carbocycles. The minimum absolute atomic E-state index is 0.0768. The van der Waals surface area contributed by atoms with Crippen LogP contribution in [0.5, 0.6) is 0 Å². The molecule has 0 aliphatic rings. The highest BCUT2D eigenvalue weighted by molar-refractivity contribution is 5.20. The quantitative estimate of drug-likeness (QED) is 0.376. The Hall–Kier alpha value is -1.39. The zero-order valence-corrected chi connectivity index (χ0v) is 10.5. The Labute approximate surface area is 102 Å². The summed E-state index contributed by atoms with van der Waals surface area (Å²) in [5, 5.41) is 14.4. The van der Waals surface area contributed by atoms with Gasteiger partial charge in [-0.3, -0.25) is 14.8 Å². The van der Waals surface area contributed by atoms with Crippen molar-refractivity contribution in [2.24, 2.45) is 0 Å². The number of aromatic nitrogens is 2. The monoisotopic (exact) mass is 239 g/mol. The average molecular weight is 239 g/mol. The third-order valence-electron chi connectivity index (χ3n) is 2.82. The summed E-state index contributed by atoms with van der Waals surface area (Å²) >= 11 is 0. The Bertz CT molecular complexity index is 336. The van der Waals surface area contributed by atoms with Crippen LogP contribution in [0, 0.1) is 10.1 Å². The highest BCUT2D eigenvalue weighted by Crippen LogP contribution is 2.10. The van der Waals surface area contributed by atoms with Gasteiger partial charge < -0.3 is 0 Å². The van der Waals surface area contributed by atoms with Gasteiger partial charge in [0.1, 0.15) is 12.4 Å². The molecule has 0 aliphatic heterocycles. The van der Waals surface area contributed by atoms with Crippen molar-refractivity contribution >= 4 is 5.69 Å². The number of hydrogen-bond donors (Lipinski definition) is 0. The van der Waals surface area contributed by atoms with Crippen LogP contribution in [0.1, 0.15) is 51.9 Å². The molecule has 1 aromatic rings. The fourth-order valence-corrected chi connectivity index (χ4v) is 1.80. The molecule has 1 rings (SSSR count). The van der Waals surface area contributed by atoms with E-state index in [-0.39, 0.29) is 5.69 Å². The van der Waals surface area contributed by atoms with E-state index in [1.807, 2.05) is 0 Å². The average Bonchev–Trinajstić information content (AvgIpc) is 2.77. The summed E-state index contributed by atoms with van der Waals surface area (Å²) < 4.78 is 1.66. The van der Waals surface area contributed by atoms with Crippen molar-refractivity contribution in [2.75, 3.05) is 0 Å². The molecule has 5 heteroatoms. The summed E-state index contributed by atoms with van der Waals surface area (Å²) in [6, 6.07) is 0. The van der Waals surface area contributed by atoms with Gasteiger partial charge in [-0.25, -0.2) is 0 Å². The largest absolute Gasteiger partial charge is 0.306 e. The van der Waals surface area contributed by atoms with E-state index in [4.69, 9.17) is 0 Å². The molecule has 1 aromatic heterocycles. The van der Waals surface area contributed by atoms with Gasteiger partial charge in [0, 0.05) is 6.54 Å². The van der Waals surface area contributed by atoms with Crippen LogP contribution in [0.25, 0.3) is 0 Å². The van der Waals surface area contributed by atoms with E-state index in [1.165, 1.54) is 50.9 Å². The zero-order chi connectivity index (χ0) is 12.5. The summed E-state index contributed by atoms with van der Waals surface area (Å²) in [5.74, 6) is 0. The van der Waals surface area contributed by atoms with Crippen LogP contribution in [0.15, 0.2) is 12.4 Å². The molecule has 96 valence electrons. The first-order valence-corrected chi connectivity index (χ1v) is 6.41. The standard InChI is InChI=1S/C12H21N3O2/c1-2-3-4-5-6-7-8-9-14-11-12(10-13-14)15(16)17/h10-11H,2-9H2,1H3. The zero-order valence-electron chi connectivity index (χ0n) is 10.5. The number of nitro groups is 1. The van der Waals surface area contributed by atoms with Crippen LogP contribution < -0.4 is 0 Å². The molecule has 0 fully saturated rings. The molecule has 0 aliphatic carbocycles. The first-order valence-electron chi connectivity index (χ1n) is 6.41. The van der Waals surface area contributed by atoms with Gasteiger partial charge in [0.05, 0.1) is 4.92 Å². The van der Waals surface area contributed by atoms with Crippen LogP contribution in [0.4, 0.5) is 5.69 Å². The van der Waals surface area contributed by atoms with Crippen molar-refractivity contribution in [3.8, 4) is 0 Å². The maximum Gasteiger partial charge on any atom is 0.306 e. The normalized spacial score (nSPS) is 10.6. The van der Waals surface area contributed by atoms with Crippen molar-refractivity contribution < 1.29 is 4.92 Å². The molecule has 0 spiro atoms. The van der Waals surface area contributed by atoms with Crippen LogP contribution in [0.2, 0.25) is 0 Å². The summed E-state index contributed by atoms with van der Waals surface area (Å²) in [6.45, 7) is 2.99. The predicted octanol–water partition coefficient (Wildman–Crippen LogP) is 3.54. The van der Waals surface area contributed by atoms with Crippen LogP contribution in [-0.2, 0) is 6.54 Å². The molecule has 1 heterocycles. The molecule has 0 unspecified atom stereocenters. The lowest BCUT2D eigenvalue weighted by Gasteiger charge is -2.01. The molecule has 0 aromatic carbocycles. The van der Waals surface area contributed by atoms with Crippen molar-refractivity contribution in [3.05, 3.63) is 22.5 Å². The fraction of sp³-hybridized carbons (Fsp3) is 0.750. The van der Waals surface area contributed by atoms with Crippen molar-refractivity contribution in [1.29, 1.82) is 0 Å². The smallest absolute Gasteiger partial charge is 0.266 e. The third kappa shape index (κ3) is 5.47. The van der Waals surface area contributed by atoms with Crippen molar-refractivity contribution in [3.63, 3.8) is 0 Å². The summed E-state index contributed by atoms with van der Waals surface area (Å²) in [4.78, 5) is 10.0. The molecule has 0 saturated heterocycles. The molecule has 0 radical (unpaired) electrons. The Morgan fingerprint density at radius 3 is 2.47 bits per heavy atom.